The number of esters is 1. The van der Waals surface area contributed by atoms with E-state index >= 15 is 0 Å². The minimum atomic E-state index is -0.884. The summed E-state index contributed by atoms with van der Waals surface area (Å²) in [5, 5.41) is 10.6. The molecule has 2 bridgehead atoms. The van der Waals surface area contributed by atoms with Gasteiger partial charge in [0.2, 0.25) is 0 Å². The van der Waals surface area contributed by atoms with Crippen LogP contribution in [0.4, 0.5) is 0 Å². The highest BCUT2D eigenvalue weighted by Gasteiger charge is 2.40. The van der Waals surface area contributed by atoms with E-state index < -0.39 is 11.2 Å². The lowest BCUT2D eigenvalue weighted by atomic mass is 9.80. The Morgan fingerprint density at radius 2 is 1.87 bits per heavy atom. The van der Waals surface area contributed by atoms with Gasteiger partial charge in [-0.3, -0.25) is 0 Å². The van der Waals surface area contributed by atoms with Crippen molar-refractivity contribution in [2.24, 2.45) is 5.92 Å². The number of ether oxygens (including phenoxy) is 1. The fourth-order valence-electron chi connectivity index (χ4n) is 3.21. The molecule has 0 radical (unpaired) electrons. The molecule has 0 aromatic carbocycles. The van der Waals surface area contributed by atoms with Gasteiger partial charge in [0.25, 0.3) is 0 Å². The number of rotatable bonds is 1. The van der Waals surface area contributed by atoms with E-state index in [0.29, 0.717) is 6.42 Å². The van der Waals surface area contributed by atoms with Crippen LogP contribution in [-0.4, -0.2) is 22.3 Å². The van der Waals surface area contributed by atoms with Gasteiger partial charge in [0.15, 0.2) is 0 Å². The van der Waals surface area contributed by atoms with Gasteiger partial charge in [-0.1, -0.05) is 37.6 Å². The van der Waals surface area contributed by atoms with Gasteiger partial charge in [-0.25, -0.2) is 4.79 Å². The van der Waals surface area contributed by atoms with E-state index in [2.05, 4.69) is 26.8 Å². The second-order valence-electron chi connectivity index (χ2n) is 7.55. The molecular formula is C20H30O3. The molecule has 3 nitrogen and oxygen atoms in total. The van der Waals surface area contributed by atoms with Gasteiger partial charge in [0.1, 0.15) is 5.60 Å². The van der Waals surface area contributed by atoms with Crippen LogP contribution in [0.3, 0.4) is 0 Å². The zero-order valence-electron chi connectivity index (χ0n) is 14.9. The van der Waals surface area contributed by atoms with E-state index in [4.69, 9.17) is 4.74 Å². The van der Waals surface area contributed by atoms with E-state index in [9.17, 15) is 9.90 Å². The second-order valence-corrected chi connectivity index (χ2v) is 7.55. The molecular weight excluding hydrogens is 288 g/mol. The maximum Gasteiger partial charge on any atom is 0.334 e. The van der Waals surface area contributed by atoms with Crippen molar-refractivity contribution in [1.29, 1.82) is 0 Å². The zero-order valence-corrected chi connectivity index (χ0v) is 14.9. The SMILES string of the molecule is C/C1=C\CC[C@@](C)(O)/C=C/[C@]2(C(C)C)CC/C(=C\CC1)C(=O)O2. The number of hydrogen-bond donors (Lipinski definition) is 1. The Kier molecular flexibility index (Phi) is 5.51. The second kappa shape index (κ2) is 7.04. The number of fused-ring (bicyclic) bond motifs is 9. The molecule has 0 spiro atoms. The van der Waals surface area contributed by atoms with Crippen LogP contribution < -0.4 is 0 Å². The molecule has 128 valence electrons. The summed E-state index contributed by atoms with van der Waals surface area (Å²) in [4.78, 5) is 12.4. The van der Waals surface area contributed by atoms with Crippen molar-refractivity contribution in [1.82, 2.24) is 0 Å². The Morgan fingerprint density at radius 3 is 2.52 bits per heavy atom. The predicted octanol–water partition coefficient (Wildman–Crippen LogP) is 4.47. The lowest BCUT2D eigenvalue weighted by molar-refractivity contribution is -0.159. The molecule has 0 aromatic heterocycles. The fourth-order valence-corrected chi connectivity index (χ4v) is 3.21. The molecule has 0 aromatic rings. The molecule has 0 saturated carbocycles. The Morgan fingerprint density at radius 1 is 1.13 bits per heavy atom. The van der Waals surface area contributed by atoms with Crippen molar-refractivity contribution in [2.45, 2.75) is 77.4 Å². The first-order valence-electron chi connectivity index (χ1n) is 8.75. The van der Waals surface area contributed by atoms with Crippen LogP contribution in [0.5, 0.6) is 0 Å². The first kappa shape index (κ1) is 18.0. The fraction of sp³-hybridized carbons (Fsp3) is 0.650. The van der Waals surface area contributed by atoms with Gasteiger partial charge in [-0.15, -0.1) is 0 Å². The maximum absolute atomic E-state index is 12.4. The third kappa shape index (κ3) is 4.57. The standard InChI is InChI=1S/C20H30O3/c1-15(2)20-12-10-17(18(21)23-20)9-5-7-16(3)8-6-11-19(4,22)13-14-20/h8-9,13-15,22H,5-7,10-12H2,1-4H3/b14-13+,16-8+,17-9+/t19-,20+/m1/s1. The predicted molar refractivity (Wildman–Crippen MR) is 93.0 cm³/mol. The molecule has 3 rings (SSSR count). The van der Waals surface area contributed by atoms with E-state index in [1.165, 1.54) is 5.57 Å². The summed E-state index contributed by atoms with van der Waals surface area (Å²) in [6.45, 7) is 8.06. The molecule has 3 aliphatic rings. The summed E-state index contributed by atoms with van der Waals surface area (Å²) < 4.78 is 5.84. The third-order valence-electron chi connectivity index (χ3n) is 5.10. The van der Waals surface area contributed by atoms with Gasteiger partial charge < -0.3 is 9.84 Å². The van der Waals surface area contributed by atoms with E-state index in [0.717, 1.165) is 37.7 Å². The summed E-state index contributed by atoms with van der Waals surface area (Å²) in [7, 11) is 0. The van der Waals surface area contributed by atoms with E-state index in [-0.39, 0.29) is 11.9 Å². The molecule has 1 fully saturated rings. The molecule has 1 saturated heterocycles. The average Bonchev–Trinajstić information content (AvgIpc) is 2.46. The zero-order chi connectivity index (χ0) is 17.1. The van der Waals surface area contributed by atoms with E-state index in [1.807, 2.05) is 25.2 Å². The largest absolute Gasteiger partial charge is 0.451 e. The molecule has 1 N–H and O–H groups in total. The number of carbonyl (C=O) groups is 1. The number of hydrogen-bond acceptors (Lipinski definition) is 3. The molecule has 1 aliphatic carbocycles. The van der Waals surface area contributed by atoms with E-state index in [1.54, 1.807) is 0 Å². The molecule has 0 unspecified atom stereocenters. The van der Waals surface area contributed by atoms with Gasteiger partial charge in [0.05, 0.1) is 5.60 Å². The lowest BCUT2D eigenvalue weighted by Gasteiger charge is -2.39. The molecule has 2 heterocycles. The highest BCUT2D eigenvalue weighted by Crippen LogP contribution is 2.37. The molecule has 0 amide bonds. The van der Waals surface area contributed by atoms with Crippen LogP contribution in [0.25, 0.3) is 0 Å². The van der Waals surface area contributed by atoms with Crippen molar-refractivity contribution in [3.63, 3.8) is 0 Å². The third-order valence-corrected chi connectivity index (χ3v) is 5.10. The van der Waals surface area contributed by atoms with Crippen molar-refractivity contribution < 1.29 is 14.6 Å². The topological polar surface area (TPSA) is 46.5 Å². The van der Waals surface area contributed by atoms with Crippen LogP contribution in [0.15, 0.2) is 35.5 Å². The van der Waals surface area contributed by atoms with Crippen LogP contribution >= 0.6 is 0 Å². The van der Waals surface area contributed by atoms with Gasteiger partial charge in [-0.2, -0.15) is 0 Å². The number of carbonyl (C=O) groups excluding carboxylic acids is 1. The van der Waals surface area contributed by atoms with Gasteiger partial charge in [0, 0.05) is 5.57 Å². The Labute approximate surface area is 140 Å². The van der Waals surface area contributed by atoms with Gasteiger partial charge in [-0.05, 0) is 64.4 Å². The van der Waals surface area contributed by atoms with Crippen molar-refractivity contribution in [3.8, 4) is 0 Å². The Bertz CT molecular complexity index is 537. The lowest BCUT2D eigenvalue weighted by Crippen LogP contribution is -2.43. The molecule has 2 aliphatic heterocycles. The summed E-state index contributed by atoms with van der Waals surface area (Å²) in [6, 6.07) is 0. The van der Waals surface area contributed by atoms with Crippen molar-refractivity contribution in [3.05, 3.63) is 35.5 Å². The van der Waals surface area contributed by atoms with Crippen LogP contribution in [-0.2, 0) is 9.53 Å². The molecule has 23 heavy (non-hydrogen) atoms. The normalized spacial score (nSPS) is 39.0. The number of allylic oxidation sites excluding steroid dienone is 3. The maximum atomic E-state index is 12.4. The first-order valence-corrected chi connectivity index (χ1v) is 8.75. The van der Waals surface area contributed by atoms with Crippen LogP contribution in [0.2, 0.25) is 0 Å². The number of aliphatic hydroxyl groups is 1. The minimum absolute atomic E-state index is 0.176. The summed E-state index contributed by atoms with van der Waals surface area (Å²) in [5.41, 5.74) is 0.616. The quantitative estimate of drug-likeness (QED) is 0.573. The highest BCUT2D eigenvalue weighted by atomic mass is 16.6. The summed E-state index contributed by atoms with van der Waals surface area (Å²) in [5.74, 6) is -0.0250. The summed E-state index contributed by atoms with van der Waals surface area (Å²) in [6.07, 6.45) is 12.8. The molecule has 3 heteroatoms. The van der Waals surface area contributed by atoms with Crippen LogP contribution in [0.1, 0.15) is 66.2 Å². The van der Waals surface area contributed by atoms with Crippen LogP contribution in [0, 0.1) is 5.92 Å². The average molecular weight is 318 g/mol. The van der Waals surface area contributed by atoms with Crippen molar-refractivity contribution in [2.75, 3.05) is 0 Å². The molecule has 2 atom stereocenters. The smallest absolute Gasteiger partial charge is 0.334 e. The minimum Gasteiger partial charge on any atom is -0.451 e. The first-order chi connectivity index (χ1) is 10.7. The monoisotopic (exact) mass is 318 g/mol. The summed E-state index contributed by atoms with van der Waals surface area (Å²) >= 11 is 0. The van der Waals surface area contributed by atoms with Gasteiger partial charge >= 0.3 is 5.97 Å². The Balaban J connectivity index is 2.35. The highest BCUT2D eigenvalue weighted by molar-refractivity contribution is 5.89. The van der Waals surface area contributed by atoms with Crippen molar-refractivity contribution >= 4 is 5.97 Å². The Hall–Kier alpha value is -1.35.